The van der Waals surface area contributed by atoms with Crippen molar-refractivity contribution in [2.24, 2.45) is 0 Å². The lowest BCUT2D eigenvalue weighted by atomic mass is 10.2. The maximum atomic E-state index is 12.3. The fourth-order valence-electron chi connectivity index (χ4n) is 2.26. The van der Waals surface area contributed by atoms with Crippen molar-refractivity contribution in [3.05, 3.63) is 23.2 Å². The Morgan fingerprint density at radius 2 is 2.00 bits per heavy atom. The van der Waals surface area contributed by atoms with Crippen LogP contribution >= 0.6 is 0 Å². The van der Waals surface area contributed by atoms with Gasteiger partial charge in [-0.3, -0.25) is 4.79 Å². The van der Waals surface area contributed by atoms with E-state index in [0.717, 1.165) is 44.1 Å². The Kier molecular flexibility index (Phi) is 3.52. The Labute approximate surface area is 102 Å². The minimum absolute atomic E-state index is 0.106. The molecule has 0 aromatic carbocycles. The third kappa shape index (κ3) is 2.69. The maximum Gasteiger partial charge on any atom is 0.257 e. The van der Waals surface area contributed by atoms with E-state index < -0.39 is 0 Å². The van der Waals surface area contributed by atoms with E-state index in [1.54, 1.807) is 0 Å². The van der Waals surface area contributed by atoms with Gasteiger partial charge in [0.25, 0.3) is 5.91 Å². The summed E-state index contributed by atoms with van der Waals surface area (Å²) in [6.07, 6.45) is 1.04. The van der Waals surface area contributed by atoms with Crippen LogP contribution in [0.15, 0.2) is 10.5 Å². The second-order valence-electron chi connectivity index (χ2n) is 4.78. The summed E-state index contributed by atoms with van der Waals surface area (Å²) in [5.74, 6) is 1.64. The van der Waals surface area contributed by atoms with Gasteiger partial charge in [-0.15, -0.1) is 0 Å². The maximum absolute atomic E-state index is 12.3. The summed E-state index contributed by atoms with van der Waals surface area (Å²) < 4.78 is 5.42. The molecular formula is C13H20N2O2. The molecule has 17 heavy (non-hydrogen) atoms. The highest BCUT2D eigenvalue weighted by atomic mass is 16.3. The Bertz CT molecular complexity index is 412. The number of rotatable bonds is 1. The molecule has 0 saturated carbocycles. The van der Waals surface area contributed by atoms with Crippen molar-refractivity contribution < 1.29 is 9.21 Å². The normalized spacial score (nSPS) is 18.2. The Hall–Kier alpha value is -1.29. The first kappa shape index (κ1) is 12.2. The van der Waals surface area contributed by atoms with E-state index in [1.807, 2.05) is 24.8 Å². The summed E-state index contributed by atoms with van der Waals surface area (Å²) in [5.41, 5.74) is 0.715. The van der Waals surface area contributed by atoms with E-state index in [9.17, 15) is 4.79 Å². The Balaban J connectivity index is 2.11. The Morgan fingerprint density at radius 3 is 2.65 bits per heavy atom. The highest BCUT2D eigenvalue weighted by Crippen LogP contribution is 2.16. The second kappa shape index (κ2) is 4.92. The van der Waals surface area contributed by atoms with Crippen molar-refractivity contribution in [3.8, 4) is 0 Å². The summed E-state index contributed by atoms with van der Waals surface area (Å²) >= 11 is 0. The van der Waals surface area contributed by atoms with Gasteiger partial charge in [-0.05, 0) is 39.9 Å². The lowest BCUT2D eigenvalue weighted by Crippen LogP contribution is -2.34. The molecule has 0 unspecified atom stereocenters. The molecule has 0 N–H and O–H groups in total. The molecule has 0 bridgehead atoms. The number of hydrogen-bond acceptors (Lipinski definition) is 3. The van der Waals surface area contributed by atoms with Gasteiger partial charge in [0.05, 0.1) is 5.56 Å². The summed E-state index contributed by atoms with van der Waals surface area (Å²) in [4.78, 5) is 16.5. The van der Waals surface area contributed by atoms with Crippen LogP contribution in [0.2, 0.25) is 0 Å². The smallest absolute Gasteiger partial charge is 0.257 e. The standard InChI is InChI=1S/C13H20N2O2/c1-10-9-12(11(2)17-10)13(16)15-6-4-5-14(3)7-8-15/h9H,4-8H2,1-3H3. The van der Waals surface area contributed by atoms with Crippen molar-refractivity contribution in [3.63, 3.8) is 0 Å². The van der Waals surface area contributed by atoms with Gasteiger partial charge in [-0.2, -0.15) is 0 Å². The largest absolute Gasteiger partial charge is 0.466 e. The van der Waals surface area contributed by atoms with E-state index in [1.165, 1.54) is 0 Å². The first-order chi connectivity index (χ1) is 8.08. The number of amides is 1. The summed E-state index contributed by atoms with van der Waals surface area (Å²) in [6, 6.07) is 1.84. The average molecular weight is 236 g/mol. The van der Waals surface area contributed by atoms with Crippen LogP contribution < -0.4 is 0 Å². The molecule has 1 amide bonds. The highest BCUT2D eigenvalue weighted by molar-refractivity contribution is 5.95. The third-order valence-corrected chi connectivity index (χ3v) is 3.28. The predicted molar refractivity (Wildman–Crippen MR) is 66.2 cm³/mol. The van der Waals surface area contributed by atoms with E-state index in [2.05, 4.69) is 11.9 Å². The van der Waals surface area contributed by atoms with Crippen molar-refractivity contribution in [1.29, 1.82) is 0 Å². The molecule has 1 aliphatic rings. The molecule has 1 aromatic heterocycles. The van der Waals surface area contributed by atoms with E-state index >= 15 is 0 Å². The zero-order valence-electron chi connectivity index (χ0n) is 10.8. The van der Waals surface area contributed by atoms with Crippen LogP contribution in [0.1, 0.15) is 28.3 Å². The second-order valence-corrected chi connectivity index (χ2v) is 4.78. The lowest BCUT2D eigenvalue weighted by molar-refractivity contribution is 0.0761. The molecule has 0 radical (unpaired) electrons. The number of hydrogen-bond donors (Lipinski definition) is 0. The van der Waals surface area contributed by atoms with Gasteiger partial charge in [0.15, 0.2) is 0 Å². The zero-order chi connectivity index (χ0) is 12.4. The van der Waals surface area contributed by atoms with Crippen molar-refractivity contribution >= 4 is 5.91 Å². The first-order valence-corrected chi connectivity index (χ1v) is 6.13. The third-order valence-electron chi connectivity index (χ3n) is 3.28. The molecule has 0 atom stereocenters. The monoisotopic (exact) mass is 236 g/mol. The fourth-order valence-corrected chi connectivity index (χ4v) is 2.26. The van der Waals surface area contributed by atoms with Crippen molar-refractivity contribution in [2.75, 3.05) is 33.2 Å². The molecule has 1 fully saturated rings. The molecule has 2 rings (SSSR count). The summed E-state index contributed by atoms with van der Waals surface area (Å²) in [6.45, 7) is 7.38. The van der Waals surface area contributed by atoms with Gasteiger partial charge in [-0.25, -0.2) is 0 Å². The Morgan fingerprint density at radius 1 is 1.24 bits per heavy atom. The average Bonchev–Trinajstić information content (AvgIpc) is 2.49. The van der Waals surface area contributed by atoms with Crippen LogP contribution in [0.3, 0.4) is 0 Å². The molecule has 2 heterocycles. The van der Waals surface area contributed by atoms with E-state index in [0.29, 0.717) is 5.56 Å². The molecule has 0 aliphatic carbocycles. The number of carbonyl (C=O) groups excluding carboxylic acids is 1. The number of aryl methyl sites for hydroxylation is 2. The lowest BCUT2D eigenvalue weighted by Gasteiger charge is -2.20. The quantitative estimate of drug-likeness (QED) is 0.744. The van der Waals surface area contributed by atoms with E-state index in [-0.39, 0.29) is 5.91 Å². The van der Waals surface area contributed by atoms with Gasteiger partial charge in [0.2, 0.25) is 0 Å². The van der Waals surface area contributed by atoms with Crippen LogP contribution in [0.4, 0.5) is 0 Å². The molecule has 1 aromatic rings. The van der Waals surface area contributed by atoms with Gasteiger partial charge in [0.1, 0.15) is 11.5 Å². The van der Waals surface area contributed by atoms with Crippen LogP contribution in [-0.4, -0.2) is 48.9 Å². The molecule has 94 valence electrons. The number of nitrogens with zero attached hydrogens (tertiary/aromatic N) is 2. The molecular weight excluding hydrogens is 216 g/mol. The minimum Gasteiger partial charge on any atom is -0.466 e. The van der Waals surface area contributed by atoms with Gasteiger partial charge in [-0.1, -0.05) is 0 Å². The zero-order valence-corrected chi connectivity index (χ0v) is 10.8. The predicted octanol–water partition coefficient (Wildman–Crippen LogP) is 1.67. The molecule has 1 saturated heterocycles. The molecule has 4 heteroatoms. The summed E-state index contributed by atoms with van der Waals surface area (Å²) in [7, 11) is 2.10. The topological polar surface area (TPSA) is 36.7 Å². The minimum atomic E-state index is 0.106. The van der Waals surface area contributed by atoms with Crippen molar-refractivity contribution in [2.45, 2.75) is 20.3 Å². The highest BCUT2D eigenvalue weighted by Gasteiger charge is 2.22. The first-order valence-electron chi connectivity index (χ1n) is 6.13. The fraction of sp³-hybridized carbons (Fsp3) is 0.615. The number of furan rings is 1. The van der Waals surface area contributed by atoms with Crippen LogP contribution in [-0.2, 0) is 0 Å². The molecule has 0 spiro atoms. The van der Waals surface area contributed by atoms with Crippen LogP contribution in [0, 0.1) is 13.8 Å². The van der Waals surface area contributed by atoms with E-state index in [4.69, 9.17) is 4.42 Å². The van der Waals surface area contributed by atoms with Gasteiger partial charge in [0, 0.05) is 19.6 Å². The number of likely N-dealkylation sites (N-methyl/N-ethyl adjacent to an activating group) is 1. The van der Waals surface area contributed by atoms with Crippen molar-refractivity contribution in [1.82, 2.24) is 9.80 Å². The van der Waals surface area contributed by atoms with Crippen LogP contribution in [0.25, 0.3) is 0 Å². The number of carbonyl (C=O) groups is 1. The SMILES string of the molecule is Cc1cc(C(=O)N2CCCN(C)CC2)c(C)o1. The summed E-state index contributed by atoms with van der Waals surface area (Å²) in [5, 5.41) is 0. The van der Waals surface area contributed by atoms with Gasteiger partial charge >= 0.3 is 0 Å². The molecule has 1 aliphatic heterocycles. The van der Waals surface area contributed by atoms with Gasteiger partial charge < -0.3 is 14.2 Å². The molecule has 4 nitrogen and oxygen atoms in total. The van der Waals surface area contributed by atoms with Crippen LogP contribution in [0.5, 0.6) is 0 Å².